The standard InChI is InChI=1S/C30H28N2O4S2/c1-37-18-23-19-38-29-25(31-24(33)17-20-11-5-2-6-12-20)28(34)32(29)26(23)30(35)36-27(21-13-7-3-8-14-21)22-15-9-4-10-16-22/h2-16,19,25-27,29H,17-18H2,1H3,(H,31,33)/t25-,26-,29-/m1/s1. The van der Waals surface area contributed by atoms with Crippen molar-refractivity contribution in [3.8, 4) is 0 Å². The van der Waals surface area contributed by atoms with E-state index < -0.39 is 24.2 Å². The zero-order valence-corrected chi connectivity index (χ0v) is 22.5. The molecule has 0 spiro atoms. The molecule has 3 atom stereocenters. The van der Waals surface area contributed by atoms with E-state index in [0.29, 0.717) is 5.75 Å². The van der Waals surface area contributed by atoms with Crippen molar-refractivity contribution >= 4 is 41.3 Å². The Morgan fingerprint density at radius 2 is 1.53 bits per heavy atom. The largest absolute Gasteiger partial charge is 0.451 e. The fourth-order valence-electron chi connectivity index (χ4n) is 4.75. The van der Waals surface area contributed by atoms with Gasteiger partial charge in [-0.1, -0.05) is 91.0 Å². The van der Waals surface area contributed by atoms with E-state index in [2.05, 4.69) is 5.32 Å². The van der Waals surface area contributed by atoms with E-state index in [9.17, 15) is 14.4 Å². The van der Waals surface area contributed by atoms with Crippen LogP contribution in [0.2, 0.25) is 0 Å². The summed E-state index contributed by atoms with van der Waals surface area (Å²) in [6.45, 7) is 0. The highest BCUT2D eigenvalue weighted by atomic mass is 32.2. The molecule has 3 aromatic rings. The second-order valence-corrected chi connectivity index (χ2v) is 11.0. The number of benzene rings is 3. The number of hydrogen-bond acceptors (Lipinski definition) is 6. The summed E-state index contributed by atoms with van der Waals surface area (Å²) in [5.74, 6) is -0.374. The Bertz CT molecular complexity index is 1280. The highest BCUT2D eigenvalue weighted by Crippen LogP contribution is 2.42. The summed E-state index contributed by atoms with van der Waals surface area (Å²) in [5.41, 5.74) is 3.41. The number of nitrogens with zero attached hydrogens (tertiary/aromatic N) is 1. The lowest BCUT2D eigenvalue weighted by molar-refractivity contribution is -0.165. The molecule has 0 unspecified atom stereocenters. The Morgan fingerprint density at radius 3 is 2.11 bits per heavy atom. The molecule has 2 aliphatic rings. The van der Waals surface area contributed by atoms with Gasteiger partial charge >= 0.3 is 5.97 Å². The summed E-state index contributed by atoms with van der Waals surface area (Å²) >= 11 is 3.05. The third kappa shape index (κ3) is 5.51. The Balaban J connectivity index is 1.35. The van der Waals surface area contributed by atoms with Gasteiger partial charge < -0.3 is 15.0 Å². The number of carbonyl (C=O) groups is 3. The van der Waals surface area contributed by atoms with Crippen LogP contribution < -0.4 is 5.32 Å². The predicted molar refractivity (Wildman–Crippen MR) is 151 cm³/mol. The van der Waals surface area contributed by atoms with E-state index in [1.165, 1.54) is 11.8 Å². The van der Waals surface area contributed by atoms with Crippen molar-refractivity contribution in [1.29, 1.82) is 0 Å². The van der Waals surface area contributed by atoms with E-state index in [1.807, 2.05) is 103 Å². The number of thioether (sulfide) groups is 2. The van der Waals surface area contributed by atoms with Crippen LogP contribution in [0, 0.1) is 0 Å². The second-order valence-electron chi connectivity index (χ2n) is 9.15. The minimum absolute atomic E-state index is 0.191. The highest BCUT2D eigenvalue weighted by molar-refractivity contribution is 8.03. The SMILES string of the molecule is CSCC1=CS[C@@H]2[C@H](NC(=O)Cc3ccccc3)C(=O)N2[C@H]1C(=O)OC(c1ccccc1)c1ccccc1. The van der Waals surface area contributed by atoms with Gasteiger partial charge in [-0.05, 0) is 33.9 Å². The number of amides is 2. The number of nitrogens with one attached hydrogen (secondary N) is 1. The van der Waals surface area contributed by atoms with Crippen LogP contribution in [0.5, 0.6) is 0 Å². The Labute approximate surface area is 230 Å². The number of fused-ring (bicyclic) bond motifs is 1. The molecule has 2 amide bonds. The van der Waals surface area contributed by atoms with Crippen LogP contribution >= 0.6 is 23.5 Å². The summed E-state index contributed by atoms with van der Waals surface area (Å²) in [4.78, 5) is 41.4. The molecule has 194 valence electrons. The summed E-state index contributed by atoms with van der Waals surface area (Å²) in [6.07, 6.45) is 1.55. The monoisotopic (exact) mass is 544 g/mol. The van der Waals surface area contributed by atoms with Gasteiger partial charge in [0.2, 0.25) is 11.8 Å². The van der Waals surface area contributed by atoms with Crippen molar-refractivity contribution in [2.45, 2.75) is 30.0 Å². The van der Waals surface area contributed by atoms with Crippen molar-refractivity contribution in [2.75, 3.05) is 12.0 Å². The molecule has 0 radical (unpaired) electrons. The Kier molecular flexibility index (Phi) is 8.20. The van der Waals surface area contributed by atoms with Gasteiger partial charge in [-0.3, -0.25) is 9.59 Å². The maximum atomic E-state index is 13.8. The van der Waals surface area contributed by atoms with Crippen molar-refractivity contribution in [1.82, 2.24) is 10.2 Å². The third-order valence-electron chi connectivity index (χ3n) is 6.56. The minimum atomic E-state index is -0.835. The molecular weight excluding hydrogens is 516 g/mol. The van der Waals surface area contributed by atoms with Crippen LogP contribution in [0.4, 0.5) is 0 Å². The molecule has 8 heteroatoms. The summed E-state index contributed by atoms with van der Waals surface area (Å²) in [6, 6.07) is 27.1. The van der Waals surface area contributed by atoms with Gasteiger partial charge in [-0.2, -0.15) is 11.8 Å². The normalized spacial score (nSPS) is 20.3. The molecule has 0 aromatic heterocycles. The Hall–Kier alpha value is -3.49. The zero-order chi connectivity index (χ0) is 26.5. The average molecular weight is 545 g/mol. The van der Waals surface area contributed by atoms with E-state index in [4.69, 9.17) is 4.74 Å². The Morgan fingerprint density at radius 1 is 0.947 bits per heavy atom. The first kappa shape index (κ1) is 26.1. The molecule has 5 rings (SSSR count). The summed E-state index contributed by atoms with van der Waals surface area (Å²) < 4.78 is 6.16. The average Bonchev–Trinajstić information content (AvgIpc) is 2.96. The van der Waals surface area contributed by atoms with Crippen LogP contribution in [-0.4, -0.2) is 52.1 Å². The molecule has 2 heterocycles. The first-order chi connectivity index (χ1) is 18.6. The van der Waals surface area contributed by atoms with Gasteiger partial charge in [0.1, 0.15) is 11.4 Å². The van der Waals surface area contributed by atoms with Crippen molar-refractivity contribution in [2.24, 2.45) is 0 Å². The lowest BCUT2D eigenvalue weighted by Gasteiger charge is -2.51. The van der Waals surface area contributed by atoms with Crippen LogP contribution in [0.25, 0.3) is 0 Å². The van der Waals surface area contributed by atoms with Gasteiger partial charge in [-0.25, -0.2) is 4.79 Å². The molecule has 3 aromatic carbocycles. The van der Waals surface area contributed by atoms with Crippen molar-refractivity contribution in [3.63, 3.8) is 0 Å². The predicted octanol–water partition coefficient (Wildman–Crippen LogP) is 4.58. The van der Waals surface area contributed by atoms with E-state index in [0.717, 1.165) is 22.3 Å². The molecular formula is C30H28N2O4S2. The van der Waals surface area contributed by atoms with E-state index >= 15 is 0 Å². The van der Waals surface area contributed by atoms with Crippen LogP contribution in [0.1, 0.15) is 22.8 Å². The second kappa shape index (κ2) is 11.9. The smallest absolute Gasteiger partial charge is 0.334 e. The molecule has 2 aliphatic heterocycles. The van der Waals surface area contributed by atoms with E-state index in [1.54, 1.807) is 16.7 Å². The third-order valence-corrected chi connectivity index (χ3v) is 8.40. The number of ether oxygens (including phenoxy) is 1. The molecule has 38 heavy (non-hydrogen) atoms. The van der Waals surface area contributed by atoms with Gasteiger partial charge in [0, 0.05) is 5.75 Å². The molecule has 1 fully saturated rings. The first-order valence-corrected chi connectivity index (χ1v) is 14.7. The zero-order valence-electron chi connectivity index (χ0n) is 20.9. The quantitative estimate of drug-likeness (QED) is 0.314. The fraction of sp³-hybridized carbons (Fsp3) is 0.233. The topological polar surface area (TPSA) is 75.7 Å². The van der Waals surface area contributed by atoms with Crippen LogP contribution in [0.15, 0.2) is 102 Å². The van der Waals surface area contributed by atoms with Gasteiger partial charge in [0.05, 0.1) is 6.42 Å². The minimum Gasteiger partial charge on any atom is -0.451 e. The summed E-state index contributed by atoms with van der Waals surface area (Å²) in [7, 11) is 0. The number of β-lactam (4-membered cyclic amide) rings is 1. The van der Waals surface area contributed by atoms with Crippen LogP contribution in [0.3, 0.4) is 0 Å². The molecule has 0 aliphatic carbocycles. The number of rotatable bonds is 9. The number of carbonyl (C=O) groups excluding carboxylic acids is 3. The van der Waals surface area contributed by atoms with Gasteiger partial charge in [0.15, 0.2) is 12.1 Å². The molecule has 0 bridgehead atoms. The molecule has 1 saturated heterocycles. The lowest BCUT2D eigenvalue weighted by Crippen LogP contribution is -2.74. The van der Waals surface area contributed by atoms with Crippen molar-refractivity contribution in [3.05, 3.63) is 119 Å². The number of hydrogen-bond donors (Lipinski definition) is 1. The van der Waals surface area contributed by atoms with Gasteiger partial charge in [-0.15, -0.1) is 11.8 Å². The number of esters is 1. The maximum absolute atomic E-state index is 13.8. The highest BCUT2D eigenvalue weighted by Gasteiger charge is 2.56. The summed E-state index contributed by atoms with van der Waals surface area (Å²) in [5, 5.41) is 4.46. The molecule has 1 N–H and O–H groups in total. The van der Waals surface area contributed by atoms with Crippen molar-refractivity contribution < 1.29 is 19.1 Å². The lowest BCUT2D eigenvalue weighted by atomic mass is 9.97. The maximum Gasteiger partial charge on any atom is 0.334 e. The van der Waals surface area contributed by atoms with Gasteiger partial charge in [0.25, 0.3) is 0 Å². The van der Waals surface area contributed by atoms with E-state index in [-0.39, 0.29) is 23.6 Å². The molecule has 6 nitrogen and oxygen atoms in total. The first-order valence-electron chi connectivity index (χ1n) is 12.4. The molecule has 0 saturated carbocycles. The van der Waals surface area contributed by atoms with Crippen LogP contribution in [-0.2, 0) is 25.5 Å². The fourth-order valence-corrected chi connectivity index (χ4v) is 6.66.